The molecule has 7 unspecified atom stereocenters. The number of nitrogens with one attached hydrogen (secondary N) is 1. The minimum Gasteiger partial charge on any atom is -0.466 e. The third-order valence-electron chi connectivity index (χ3n) is 18.9. The summed E-state index contributed by atoms with van der Waals surface area (Å²) in [6.07, 6.45) is 74.0. The Morgan fingerprint density at radius 2 is 0.716 bits per heavy atom. The second-order valence-corrected chi connectivity index (χ2v) is 27.4. The molecule has 0 aromatic carbocycles. The first-order valence-electron chi connectivity index (χ1n) is 39.0. The lowest BCUT2D eigenvalue weighted by Gasteiger charge is -2.40. The van der Waals surface area contributed by atoms with E-state index in [0.29, 0.717) is 19.4 Å². The second-order valence-electron chi connectivity index (χ2n) is 27.4. The van der Waals surface area contributed by atoms with Crippen LogP contribution in [0.2, 0.25) is 0 Å². The molecule has 1 fully saturated rings. The summed E-state index contributed by atoms with van der Waals surface area (Å²) in [5.74, 6) is -0.157. The normalized spacial score (nSPS) is 17.7. The molecule has 522 valence electrons. The van der Waals surface area contributed by atoms with E-state index in [9.17, 15) is 35.1 Å². The first-order valence-corrected chi connectivity index (χ1v) is 39.0. The molecule has 0 aliphatic carbocycles. The van der Waals surface area contributed by atoms with E-state index in [0.717, 1.165) is 51.4 Å². The van der Waals surface area contributed by atoms with Crippen LogP contribution >= 0.6 is 0 Å². The molecule has 11 heteroatoms. The number of esters is 1. The Morgan fingerprint density at radius 1 is 0.409 bits per heavy atom. The van der Waals surface area contributed by atoms with Crippen LogP contribution in [0.5, 0.6) is 0 Å². The zero-order valence-electron chi connectivity index (χ0n) is 58.2. The Bertz CT molecular complexity index is 1460. The van der Waals surface area contributed by atoms with Crippen molar-refractivity contribution in [3.63, 3.8) is 0 Å². The van der Waals surface area contributed by atoms with Gasteiger partial charge >= 0.3 is 5.97 Å². The number of hydrogen-bond acceptors (Lipinski definition) is 10. The average Bonchev–Trinajstić information content (AvgIpc) is 2.89. The molecular formula is C77H149NO10. The molecule has 11 nitrogen and oxygen atoms in total. The summed E-state index contributed by atoms with van der Waals surface area (Å²) in [5, 5.41) is 54.3. The van der Waals surface area contributed by atoms with Gasteiger partial charge in [-0.3, -0.25) is 9.59 Å². The summed E-state index contributed by atoms with van der Waals surface area (Å²) in [6, 6.07) is -0.804. The smallest absolute Gasteiger partial charge is 0.305 e. The van der Waals surface area contributed by atoms with Gasteiger partial charge in [-0.05, 0) is 32.1 Å². The number of aliphatic hydroxyl groups excluding tert-OH is 5. The van der Waals surface area contributed by atoms with Gasteiger partial charge in [0.05, 0.1) is 32.0 Å². The minimum atomic E-state index is -1.57. The Morgan fingerprint density at radius 3 is 1.06 bits per heavy atom. The van der Waals surface area contributed by atoms with E-state index < -0.39 is 49.5 Å². The fourth-order valence-corrected chi connectivity index (χ4v) is 12.8. The molecular weight excluding hydrogens is 1100 g/mol. The molecule has 7 atom stereocenters. The second kappa shape index (κ2) is 66.8. The Balaban J connectivity index is 1.84. The highest BCUT2D eigenvalue weighted by molar-refractivity contribution is 5.76. The summed E-state index contributed by atoms with van der Waals surface area (Å²) < 4.78 is 16.8. The predicted octanol–water partition coefficient (Wildman–Crippen LogP) is 20.6. The quantitative estimate of drug-likeness (QED) is 0.0195. The van der Waals surface area contributed by atoms with Crippen molar-refractivity contribution in [2.24, 2.45) is 0 Å². The molecule has 0 aromatic heterocycles. The van der Waals surface area contributed by atoms with Gasteiger partial charge in [0.15, 0.2) is 6.29 Å². The molecule has 1 amide bonds. The molecule has 0 spiro atoms. The maximum Gasteiger partial charge on any atom is 0.305 e. The van der Waals surface area contributed by atoms with Crippen molar-refractivity contribution < 1.29 is 49.3 Å². The number of carbonyl (C=O) groups excluding carboxylic acids is 2. The van der Waals surface area contributed by atoms with Gasteiger partial charge in [0, 0.05) is 12.8 Å². The highest BCUT2D eigenvalue weighted by atomic mass is 16.7. The summed E-state index contributed by atoms with van der Waals surface area (Å²) >= 11 is 0. The van der Waals surface area contributed by atoms with Crippen molar-refractivity contribution in [1.82, 2.24) is 5.32 Å². The predicted molar refractivity (Wildman–Crippen MR) is 371 cm³/mol. The van der Waals surface area contributed by atoms with Gasteiger partial charge in [-0.1, -0.05) is 373 Å². The van der Waals surface area contributed by atoms with E-state index in [2.05, 4.69) is 19.2 Å². The third-order valence-corrected chi connectivity index (χ3v) is 18.9. The van der Waals surface area contributed by atoms with Gasteiger partial charge in [-0.25, -0.2) is 0 Å². The standard InChI is InChI=1S/C77H149NO10/c1-3-5-7-9-11-13-14-15-16-17-36-39-42-45-49-53-57-61-65-73(82)86-66-62-58-54-50-46-43-40-37-34-32-30-28-26-24-22-20-18-19-21-23-25-27-29-31-33-35-38-41-44-48-52-56-60-64-72(81)78-69(70(80)63-59-55-51-47-12-10-8-6-4-2)68-87-77-76(85)75(84)74(83)71(67-79)88-77/h59,63,69-71,74-77,79-80,83-85H,3-58,60-62,64-68H2,1-2H3,(H,78,81)/b63-59+. The van der Waals surface area contributed by atoms with Crippen LogP contribution in [0.25, 0.3) is 0 Å². The first kappa shape index (κ1) is 84.4. The molecule has 1 aliphatic heterocycles. The molecule has 1 saturated heterocycles. The SMILES string of the molecule is CCCCCCCCC/C=C/C(O)C(COC1OC(CO)C(O)C(O)C1O)NC(=O)CCCCCCCCCCCCCCCCCCCCCCCCCCCCCCCCCCCOC(=O)CCCCCCCCCCCCCCCCCCCC. The number of rotatable bonds is 70. The van der Waals surface area contributed by atoms with Gasteiger partial charge in [0.2, 0.25) is 5.91 Å². The molecule has 6 N–H and O–H groups in total. The number of carbonyl (C=O) groups is 2. The molecule has 1 rings (SSSR count). The highest BCUT2D eigenvalue weighted by Gasteiger charge is 2.44. The van der Waals surface area contributed by atoms with Crippen LogP contribution in [-0.2, 0) is 23.8 Å². The van der Waals surface area contributed by atoms with Crippen LogP contribution < -0.4 is 5.32 Å². The monoisotopic (exact) mass is 1250 g/mol. The Labute approximate surface area is 544 Å². The minimum absolute atomic E-state index is 0.0199. The fourth-order valence-electron chi connectivity index (χ4n) is 12.8. The lowest BCUT2D eigenvalue weighted by Crippen LogP contribution is -2.60. The number of hydrogen-bond donors (Lipinski definition) is 6. The van der Waals surface area contributed by atoms with E-state index >= 15 is 0 Å². The molecule has 0 saturated carbocycles. The number of amides is 1. The van der Waals surface area contributed by atoms with Gasteiger partial charge in [-0.2, -0.15) is 0 Å². The van der Waals surface area contributed by atoms with Crippen molar-refractivity contribution in [3.8, 4) is 0 Å². The van der Waals surface area contributed by atoms with Crippen LogP contribution in [0.4, 0.5) is 0 Å². The van der Waals surface area contributed by atoms with Crippen LogP contribution in [0.1, 0.15) is 406 Å². The van der Waals surface area contributed by atoms with Crippen LogP contribution in [-0.4, -0.2) is 100 Å². The van der Waals surface area contributed by atoms with Gasteiger partial charge in [0.1, 0.15) is 24.4 Å². The summed E-state index contributed by atoms with van der Waals surface area (Å²) in [6.45, 7) is 4.38. The number of unbranched alkanes of at least 4 members (excludes halogenated alkanes) is 56. The zero-order chi connectivity index (χ0) is 63.7. The van der Waals surface area contributed by atoms with Crippen LogP contribution in [0.15, 0.2) is 12.2 Å². The van der Waals surface area contributed by atoms with E-state index in [-0.39, 0.29) is 18.5 Å². The van der Waals surface area contributed by atoms with E-state index in [1.54, 1.807) is 6.08 Å². The van der Waals surface area contributed by atoms with E-state index in [1.807, 2.05) is 6.08 Å². The molecule has 0 aromatic rings. The largest absolute Gasteiger partial charge is 0.466 e. The summed E-state index contributed by atoms with van der Waals surface area (Å²) in [4.78, 5) is 25.2. The molecule has 1 heterocycles. The van der Waals surface area contributed by atoms with Crippen molar-refractivity contribution in [3.05, 3.63) is 12.2 Å². The Hall–Kier alpha value is -1.60. The number of aliphatic hydroxyl groups is 5. The van der Waals surface area contributed by atoms with Crippen molar-refractivity contribution in [2.75, 3.05) is 19.8 Å². The summed E-state index contributed by atoms with van der Waals surface area (Å²) in [7, 11) is 0. The lowest BCUT2D eigenvalue weighted by molar-refractivity contribution is -0.302. The van der Waals surface area contributed by atoms with E-state index in [1.165, 1.54) is 327 Å². The number of ether oxygens (including phenoxy) is 3. The van der Waals surface area contributed by atoms with Gasteiger partial charge < -0.3 is 45.1 Å². The van der Waals surface area contributed by atoms with Crippen molar-refractivity contribution in [1.29, 1.82) is 0 Å². The molecule has 88 heavy (non-hydrogen) atoms. The van der Waals surface area contributed by atoms with Gasteiger partial charge in [0.25, 0.3) is 0 Å². The maximum absolute atomic E-state index is 13.0. The molecule has 0 bridgehead atoms. The van der Waals surface area contributed by atoms with Crippen molar-refractivity contribution >= 4 is 11.9 Å². The Kier molecular flexibility index (Phi) is 64.1. The molecule has 1 aliphatic rings. The maximum atomic E-state index is 13.0. The zero-order valence-corrected chi connectivity index (χ0v) is 58.2. The molecule has 0 radical (unpaired) electrons. The number of allylic oxidation sites excluding steroid dienone is 1. The average molecular weight is 1250 g/mol. The highest BCUT2D eigenvalue weighted by Crippen LogP contribution is 2.24. The van der Waals surface area contributed by atoms with Crippen LogP contribution in [0, 0.1) is 0 Å². The third kappa shape index (κ3) is 54.9. The van der Waals surface area contributed by atoms with Gasteiger partial charge in [-0.15, -0.1) is 0 Å². The van der Waals surface area contributed by atoms with Crippen molar-refractivity contribution in [2.45, 2.75) is 448 Å². The topological polar surface area (TPSA) is 175 Å². The summed E-state index contributed by atoms with van der Waals surface area (Å²) in [5.41, 5.74) is 0. The fraction of sp³-hybridized carbons (Fsp3) is 0.948. The first-order chi connectivity index (χ1) is 43.2. The van der Waals surface area contributed by atoms with Crippen LogP contribution in [0.3, 0.4) is 0 Å². The van der Waals surface area contributed by atoms with E-state index in [4.69, 9.17) is 14.2 Å². The lowest BCUT2D eigenvalue weighted by atomic mass is 9.99.